The quantitative estimate of drug-likeness (QED) is 0.383. The van der Waals surface area contributed by atoms with Crippen LogP contribution in [0.3, 0.4) is 0 Å². The first-order valence-electron chi connectivity index (χ1n) is 11.9. The van der Waals surface area contributed by atoms with Gasteiger partial charge < -0.3 is 20.3 Å². The van der Waals surface area contributed by atoms with Gasteiger partial charge in [0.25, 0.3) is 0 Å². The molecule has 0 aromatic heterocycles. The SMILES string of the molecule is CC#CC[C@@H](C)[C@H](O)C=C[C@@H]1[C@H]2c3cccc(CCCC(=O)NCCC)c3O[C@H]2C[C@H]1O. The Balaban J connectivity index is 1.67. The second-order valence-corrected chi connectivity index (χ2v) is 9.09. The van der Waals surface area contributed by atoms with Crippen LogP contribution in [-0.4, -0.2) is 41.0 Å². The average molecular weight is 440 g/mol. The third kappa shape index (κ3) is 5.74. The molecule has 1 saturated carbocycles. The molecule has 5 nitrogen and oxygen atoms in total. The van der Waals surface area contributed by atoms with Crippen molar-refractivity contribution >= 4 is 5.91 Å². The number of carbonyl (C=O) groups is 1. The van der Waals surface area contributed by atoms with Crippen molar-refractivity contribution in [1.29, 1.82) is 0 Å². The molecular formula is C27H37NO4. The maximum absolute atomic E-state index is 11.9. The number of hydrogen-bond acceptors (Lipinski definition) is 4. The molecule has 1 fully saturated rings. The summed E-state index contributed by atoms with van der Waals surface area (Å²) in [5, 5.41) is 24.1. The lowest BCUT2D eigenvalue weighted by Crippen LogP contribution is -2.23. The lowest BCUT2D eigenvalue weighted by molar-refractivity contribution is -0.121. The minimum Gasteiger partial charge on any atom is -0.489 e. The van der Waals surface area contributed by atoms with Gasteiger partial charge in [-0.1, -0.05) is 44.2 Å². The fourth-order valence-electron chi connectivity index (χ4n) is 4.77. The summed E-state index contributed by atoms with van der Waals surface area (Å²) in [6.45, 7) is 6.55. The molecule has 5 heteroatoms. The summed E-state index contributed by atoms with van der Waals surface area (Å²) in [5.74, 6) is 6.95. The minimum atomic E-state index is -0.589. The van der Waals surface area contributed by atoms with E-state index in [-0.39, 0.29) is 29.8 Å². The molecule has 174 valence electrons. The average Bonchev–Trinajstić information content (AvgIpc) is 3.29. The molecule has 1 aromatic carbocycles. The number of rotatable bonds is 10. The highest BCUT2D eigenvalue weighted by Gasteiger charge is 2.48. The molecule has 6 atom stereocenters. The fourth-order valence-corrected chi connectivity index (χ4v) is 4.77. The number of carbonyl (C=O) groups excluding carboxylic acids is 1. The summed E-state index contributed by atoms with van der Waals surface area (Å²) >= 11 is 0. The molecule has 3 N–H and O–H groups in total. The Morgan fingerprint density at radius 2 is 2.22 bits per heavy atom. The number of ether oxygens (including phenoxy) is 1. The van der Waals surface area contributed by atoms with Crippen LogP contribution in [-0.2, 0) is 11.2 Å². The zero-order valence-corrected chi connectivity index (χ0v) is 19.5. The highest BCUT2D eigenvalue weighted by molar-refractivity contribution is 5.75. The summed E-state index contributed by atoms with van der Waals surface area (Å²) in [7, 11) is 0. The predicted octanol–water partition coefficient (Wildman–Crippen LogP) is 3.73. The Hall–Kier alpha value is -2.29. The highest BCUT2D eigenvalue weighted by Crippen LogP contribution is 2.52. The van der Waals surface area contributed by atoms with Gasteiger partial charge in [0.1, 0.15) is 11.9 Å². The van der Waals surface area contributed by atoms with Crippen molar-refractivity contribution in [3.63, 3.8) is 0 Å². The van der Waals surface area contributed by atoms with Crippen LogP contribution in [0.15, 0.2) is 30.4 Å². The molecule has 1 heterocycles. The standard InChI is InChI=1S/C27H37NO4/c1-4-6-9-18(3)22(29)15-14-20-23(30)17-24-26(20)21-12-7-10-19(27(21)32-24)11-8-13-25(31)28-16-5-2/h7,10,12,14-15,18,20,22-24,26,29-30H,5,8-9,11,13,16-17H2,1-3H3,(H,28,31)/t18-,20+,22-,23-,24+,26+/m1/s1. The lowest BCUT2D eigenvalue weighted by atomic mass is 9.86. The number of nitrogens with one attached hydrogen (secondary N) is 1. The number of hydrogen-bond donors (Lipinski definition) is 3. The highest BCUT2D eigenvalue weighted by atomic mass is 16.5. The van der Waals surface area contributed by atoms with Gasteiger partial charge in [0.15, 0.2) is 0 Å². The van der Waals surface area contributed by atoms with E-state index in [4.69, 9.17) is 4.74 Å². The molecule has 0 radical (unpaired) electrons. The minimum absolute atomic E-state index is 0.0429. The Labute approximate surface area is 192 Å². The Morgan fingerprint density at radius 1 is 1.41 bits per heavy atom. The molecule has 0 bridgehead atoms. The van der Waals surface area contributed by atoms with E-state index in [1.807, 2.05) is 32.1 Å². The van der Waals surface area contributed by atoms with E-state index in [9.17, 15) is 15.0 Å². The lowest BCUT2D eigenvalue weighted by Gasteiger charge is -2.19. The molecule has 32 heavy (non-hydrogen) atoms. The van der Waals surface area contributed by atoms with Crippen LogP contribution in [0.2, 0.25) is 0 Å². The fraction of sp³-hybridized carbons (Fsp3) is 0.593. The van der Waals surface area contributed by atoms with Crippen molar-refractivity contribution in [3.8, 4) is 17.6 Å². The van der Waals surface area contributed by atoms with Crippen molar-refractivity contribution in [1.82, 2.24) is 5.32 Å². The van der Waals surface area contributed by atoms with E-state index in [2.05, 4.69) is 29.3 Å². The summed E-state index contributed by atoms with van der Waals surface area (Å²) in [6.07, 6.45) is 6.91. The van der Waals surface area contributed by atoms with Gasteiger partial charge in [-0.2, -0.15) is 0 Å². The number of fused-ring (bicyclic) bond motifs is 3. The van der Waals surface area contributed by atoms with Gasteiger partial charge in [0.2, 0.25) is 5.91 Å². The number of aliphatic hydroxyl groups is 2. The van der Waals surface area contributed by atoms with E-state index in [1.54, 1.807) is 6.92 Å². The van der Waals surface area contributed by atoms with E-state index in [0.29, 0.717) is 19.3 Å². The van der Waals surface area contributed by atoms with E-state index in [0.717, 1.165) is 42.7 Å². The van der Waals surface area contributed by atoms with Crippen LogP contribution < -0.4 is 10.1 Å². The summed E-state index contributed by atoms with van der Waals surface area (Å²) in [5.41, 5.74) is 2.26. The van der Waals surface area contributed by atoms with Gasteiger partial charge in [-0.25, -0.2) is 0 Å². The van der Waals surface area contributed by atoms with Crippen molar-refractivity contribution in [2.75, 3.05) is 6.54 Å². The molecule has 2 aliphatic rings. The third-order valence-electron chi connectivity index (χ3n) is 6.63. The van der Waals surface area contributed by atoms with Gasteiger partial charge in [0, 0.05) is 43.2 Å². The summed E-state index contributed by atoms with van der Waals surface area (Å²) in [4.78, 5) is 11.9. The van der Waals surface area contributed by atoms with Crippen molar-refractivity contribution < 1.29 is 19.7 Å². The molecule has 3 rings (SSSR count). The van der Waals surface area contributed by atoms with Crippen LogP contribution in [0.5, 0.6) is 5.75 Å². The van der Waals surface area contributed by atoms with Crippen LogP contribution in [0.1, 0.15) is 69.9 Å². The number of aryl methyl sites for hydroxylation is 1. The van der Waals surface area contributed by atoms with Gasteiger partial charge in [-0.15, -0.1) is 11.8 Å². The van der Waals surface area contributed by atoms with Crippen LogP contribution >= 0.6 is 0 Å². The number of benzene rings is 1. The second kappa shape index (κ2) is 11.5. The molecule has 0 unspecified atom stereocenters. The number of para-hydroxylation sites is 1. The van der Waals surface area contributed by atoms with Crippen molar-refractivity contribution in [2.45, 2.75) is 83.5 Å². The number of aliphatic hydroxyl groups excluding tert-OH is 2. The van der Waals surface area contributed by atoms with Crippen molar-refractivity contribution in [2.24, 2.45) is 11.8 Å². The Bertz CT molecular complexity index is 868. The second-order valence-electron chi connectivity index (χ2n) is 9.09. The zero-order chi connectivity index (χ0) is 23.1. The molecule has 1 amide bonds. The predicted molar refractivity (Wildman–Crippen MR) is 126 cm³/mol. The first kappa shape index (κ1) is 24.4. The van der Waals surface area contributed by atoms with Crippen LogP contribution in [0, 0.1) is 23.7 Å². The monoisotopic (exact) mass is 439 g/mol. The molecule has 0 spiro atoms. The molecule has 1 aliphatic heterocycles. The number of amides is 1. The molecular weight excluding hydrogens is 402 g/mol. The normalized spacial score (nSPS) is 25.4. The van der Waals surface area contributed by atoms with Gasteiger partial charge in [-0.3, -0.25) is 4.79 Å². The van der Waals surface area contributed by atoms with Gasteiger partial charge in [-0.05, 0) is 37.7 Å². The maximum atomic E-state index is 11.9. The smallest absolute Gasteiger partial charge is 0.220 e. The van der Waals surface area contributed by atoms with Crippen LogP contribution in [0.25, 0.3) is 0 Å². The summed E-state index contributed by atoms with van der Waals surface area (Å²) in [6, 6.07) is 6.21. The Kier molecular flexibility index (Phi) is 8.78. The van der Waals surface area contributed by atoms with Crippen molar-refractivity contribution in [3.05, 3.63) is 41.5 Å². The maximum Gasteiger partial charge on any atom is 0.220 e. The van der Waals surface area contributed by atoms with Gasteiger partial charge in [0.05, 0.1) is 12.2 Å². The van der Waals surface area contributed by atoms with Gasteiger partial charge >= 0.3 is 0 Å². The van der Waals surface area contributed by atoms with E-state index in [1.165, 1.54) is 0 Å². The molecule has 0 saturated heterocycles. The summed E-state index contributed by atoms with van der Waals surface area (Å²) < 4.78 is 6.32. The third-order valence-corrected chi connectivity index (χ3v) is 6.63. The first-order valence-corrected chi connectivity index (χ1v) is 11.9. The molecule has 1 aliphatic carbocycles. The molecule has 1 aromatic rings. The largest absolute Gasteiger partial charge is 0.489 e. The topological polar surface area (TPSA) is 78.8 Å². The Morgan fingerprint density at radius 3 is 2.97 bits per heavy atom. The van der Waals surface area contributed by atoms with E-state index < -0.39 is 12.2 Å². The van der Waals surface area contributed by atoms with Crippen LogP contribution in [0.4, 0.5) is 0 Å². The first-order chi connectivity index (χ1) is 15.5. The van der Waals surface area contributed by atoms with E-state index >= 15 is 0 Å². The zero-order valence-electron chi connectivity index (χ0n) is 19.5.